The van der Waals surface area contributed by atoms with Crippen LogP contribution in [0.5, 0.6) is 0 Å². The molecule has 0 aliphatic heterocycles. The number of halogens is 3. The third-order valence-corrected chi connectivity index (χ3v) is 1.48. The first-order valence-corrected chi connectivity index (χ1v) is 2.44. The highest BCUT2D eigenvalue weighted by Gasteiger charge is 2.54. The molecule has 0 radical (unpaired) electrons. The van der Waals surface area contributed by atoms with E-state index in [2.05, 4.69) is 0 Å². The Morgan fingerprint density at radius 2 is 1.62 bits per heavy atom. The quantitative estimate of drug-likeness (QED) is 0.515. The Morgan fingerprint density at radius 3 is 1.62 bits per heavy atom. The molecule has 0 aromatic rings. The topological polar surface area (TPSA) is 26.0 Å². The summed E-state index contributed by atoms with van der Waals surface area (Å²) in [6, 6.07) is 0. The Kier molecular flexibility index (Phi) is 0.897. The van der Waals surface area contributed by atoms with Gasteiger partial charge in [-0.25, -0.2) is 0 Å². The summed E-state index contributed by atoms with van der Waals surface area (Å²) in [6.45, 7) is -4.76. The zero-order valence-electron chi connectivity index (χ0n) is 4.20. The molecular weight excluding hydrogens is 118 g/mol. The van der Waals surface area contributed by atoms with E-state index in [-0.39, 0.29) is 12.8 Å². The van der Waals surface area contributed by atoms with Gasteiger partial charge in [-0.05, 0) is 5.44 Å². The Morgan fingerprint density at radius 1 is 1.25 bits per heavy atom. The fourth-order valence-electron chi connectivity index (χ4n) is 0.472. The van der Waals surface area contributed by atoms with E-state index in [4.69, 9.17) is 5.73 Å². The van der Waals surface area contributed by atoms with Crippen LogP contribution in [0, 0.1) is 0 Å². The molecule has 0 saturated heterocycles. The lowest BCUT2D eigenvalue weighted by Crippen LogP contribution is -2.44. The van der Waals surface area contributed by atoms with Crippen LogP contribution in [-0.4, -0.2) is 12.4 Å². The van der Waals surface area contributed by atoms with E-state index in [9.17, 15) is 12.9 Å². The molecule has 0 amide bonds. The van der Waals surface area contributed by atoms with Gasteiger partial charge in [-0.3, -0.25) is 0 Å². The third-order valence-electron chi connectivity index (χ3n) is 1.48. The van der Waals surface area contributed by atoms with Gasteiger partial charge < -0.3 is 18.7 Å². The average molecular weight is 124 g/mol. The average Bonchev–Trinajstić information content (AvgIpc) is 2.16. The minimum atomic E-state index is -4.76. The second-order valence-corrected chi connectivity index (χ2v) is 2.31. The summed E-state index contributed by atoms with van der Waals surface area (Å²) in [6.07, 6.45) is 0.243. The van der Waals surface area contributed by atoms with E-state index < -0.39 is 12.4 Å². The molecule has 1 rings (SSSR count). The summed E-state index contributed by atoms with van der Waals surface area (Å²) in [5.74, 6) is 0. The largest absolute Gasteiger partial charge is 0.497 e. The van der Waals surface area contributed by atoms with Crippen molar-refractivity contribution in [2.45, 2.75) is 18.3 Å². The molecule has 8 heavy (non-hydrogen) atoms. The Balaban J connectivity index is 2.58. The lowest BCUT2D eigenvalue weighted by Gasteiger charge is -2.20. The van der Waals surface area contributed by atoms with Crippen molar-refractivity contribution in [3.05, 3.63) is 0 Å². The van der Waals surface area contributed by atoms with E-state index in [1.54, 1.807) is 0 Å². The zero-order valence-corrected chi connectivity index (χ0v) is 4.20. The second-order valence-electron chi connectivity index (χ2n) is 2.31. The highest BCUT2D eigenvalue weighted by molar-refractivity contribution is 6.63. The van der Waals surface area contributed by atoms with Gasteiger partial charge in [-0.1, -0.05) is 12.8 Å². The van der Waals surface area contributed by atoms with Crippen LogP contribution in [0.2, 0.25) is 0 Å². The SMILES string of the molecule is NC1([B-](F)(F)F)CC1. The van der Waals surface area contributed by atoms with Crippen LogP contribution < -0.4 is 5.73 Å². The van der Waals surface area contributed by atoms with Gasteiger partial charge in [-0.15, -0.1) is 0 Å². The van der Waals surface area contributed by atoms with E-state index in [0.29, 0.717) is 0 Å². The first kappa shape index (κ1) is 5.94. The summed E-state index contributed by atoms with van der Waals surface area (Å²) in [4.78, 5) is 0. The van der Waals surface area contributed by atoms with Crippen molar-refractivity contribution in [2.75, 3.05) is 0 Å². The monoisotopic (exact) mass is 124 g/mol. The molecule has 0 aromatic heterocycles. The predicted molar refractivity (Wildman–Crippen MR) is 25.2 cm³/mol. The van der Waals surface area contributed by atoms with Gasteiger partial charge in [0.15, 0.2) is 0 Å². The van der Waals surface area contributed by atoms with Crippen molar-refractivity contribution in [3.63, 3.8) is 0 Å². The molecule has 1 nitrogen and oxygen atoms in total. The van der Waals surface area contributed by atoms with E-state index in [1.165, 1.54) is 0 Å². The summed E-state index contributed by atoms with van der Waals surface area (Å²) in [5, 5.41) is 0. The van der Waals surface area contributed by atoms with Gasteiger partial charge >= 0.3 is 6.98 Å². The van der Waals surface area contributed by atoms with Crippen LogP contribution in [0.1, 0.15) is 12.8 Å². The van der Waals surface area contributed by atoms with Crippen molar-refractivity contribution in [1.82, 2.24) is 0 Å². The van der Waals surface area contributed by atoms with Crippen molar-refractivity contribution >= 4 is 6.98 Å². The highest BCUT2D eigenvalue weighted by Crippen LogP contribution is 2.42. The number of hydrogen-bond donors (Lipinski definition) is 1. The Hall–Kier alpha value is -0.185. The Labute approximate surface area is 45.1 Å². The lowest BCUT2D eigenvalue weighted by atomic mass is 9.77. The zero-order chi connectivity index (χ0) is 6.41. The minimum Gasteiger partial charge on any atom is -0.448 e. The van der Waals surface area contributed by atoms with Gasteiger partial charge in [0, 0.05) is 0 Å². The van der Waals surface area contributed by atoms with Crippen LogP contribution >= 0.6 is 0 Å². The predicted octanol–water partition coefficient (Wildman–Crippen LogP) is 0.864. The van der Waals surface area contributed by atoms with Crippen molar-refractivity contribution < 1.29 is 12.9 Å². The normalized spacial score (nSPS) is 25.5. The molecule has 0 aromatic carbocycles. The molecule has 48 valence electrons. The molecule has 0 spiro atoms. The van der Waals surface area contributed by atoms with Crippen LogP contribution in [-0.2, 0) is 0 Å². The third kappa shape index (κ3) is 0.706. The molecule has 0 atom stereocenters. The van der Waals surface area contributed by atoms with Crippen LogP contribution in [0.25, 0.3) is 0 Å². The molecule has 1 aliphatic carbocycles. The van der Waals surface area contributed by atoms with Gasteiger partial charge in [0.05, 0.1) is 0 Å². The molecule has 2 N–H and O–H groups in total. The fourth-order valence-corrected chi connectivity index (χ4v) is 0.472. The molecule has 0 unspecified atom stereocenters. The van der Waals surface area contributed by atoms with Crippen LogP contribution in [0.15, 0.2) is 0 Å². The maximum atomic E-state index is 11.6. The number of nitrogens with two attached hydrogens (primary N) is 1. The smallest absolute Gasteiger partial charge is 0.448 e. The summed E-state index contributed by atoms with van der Waals surface area (Å²) in [5.41, 5.74) is 3.08. The molecule has 0 bridgehead atoms. The standard InChI is InChI=1S/C3H6BF3N/c5-4(6,7)3(8)1-2-3/h1-2,8H2/q-1. The minimum absolute atomic E-state index is 0.122. The fraction of sp³-hybridized carbons (Fsp3) is 1.00. The van der Waals surface area contributed by atoms with Crippen molar-refractivity contribution in [3.8, 4) is 0 Å². The summed E-state index contributed by atoms with van der Waals surface area (Å²) in [7, 11) is 0. The van der Waals surface area contributed by atoms with Gasteiger partial charge in [0.2, 0.25) is 0 Å². The maximum absolute atomic E-state index is 11.6. The molecule has 0 heterocycles. The van der Waals surface area contributed by atoms with Gasteiger partial charge in [-0.2, -0.15) is 0 Å². The maximum Gasteiger partial charge on any atom is 0.497 e. The van der Waals surface area contributed by atoms with Crippen molar-refractivity contribution in [1.29, 1.82) is 0 Å². The van der Waals surface area contributed by atoms with Gasteiger partial charge in [0.1, 0.15) is 0 Å². The molecular formula is C3H6BF3N-. The van der Waals surface area contributed by atoms with Crippen molar-refractivity contribution in [2.24, 2.45) is 5.73 Å². The second kappa shape index (κ2) is 1.21. The molecule has 5 heteroatoms. The lowest BCUT2D eigenvalue weighted by molar-refractivity contribution is 0.431. The van der Waals surface area contributed by atoms with E-state index >= 15 is 0 Å². The Bertz CT molecular complexity index is 102. The highest BCUT2D eigenvalue weighted by atomic mass is 19.4. The molecule has 1 fully saturated rings. The molecule has 1 aliphatic rings. The van der Waals surface area contributed by atoms with Crippen LogP contribution in [0.4, 0.5) is 12.9 Å². The van der Waals surface area contributed by atoms with Gasteiger partial charge in [0.25, 0.3) is 0 Å². The van der Waals surface area contributed by atoms with E-state index in [1.807, 2.05) is 0 Å². The van der Waals surface area contributed by atoms with E-state index in [0.717, 1.165) is 0 Å². The molecule has 1 saturated carbocycles. The summed E-state index contributed by atoms with van der Waals surface area (Å²) >= 11 is 0. The summed E-state index contributed by atoms with van der Waals surface area (Å²) < 4.78 is 34.7. The number of rotatable bonds is 1. The van der Waals surface area contributed by atoms with Crippen LogP contribution in [0.3, 0.4) is 0 Å². The first-order valence-electron chi connectivity index (χ1n) is 2.44. The number of hydrogen-bond acceptors (Lipinski definition) is 1. The first-order chi connectivity index (χ1) is 3.46.